The standard InChI is InChI=1S/C14H12F3NO/c1-19-11-4-2-9(3-5-11)8-18-14-12(16)6-10(15)7-13(14)17/h2-7,18H,8H2,1H3. The minimum absolute atomic E-state index is 0.226. The summed E-state index contributed by atoms with van der Waals surface area (Å²) in [7, 11) is 1.55. The summed E-state index contributed by atoms with van der Waals surface area (Å²) in [6.45, 7) is 0.226. The van der Waals surface area contributed by atoms with E-state index in [4.69, 9.17) is 4.74 Å². The summed E-state index contributed by atoms with van der Waals surface area (Å²) in [5.41, 5.74) is 0.487. The van der Waals surface area contributed by atoms with Gasteiger partial charge < -0.3 is 10.1 Å². The van der Waals surface area contributed by atoms with Gasteiger partial charge in [0.05, 0.1) is 7.11 Å². The third kappa shape index (κ3) is 3.19. The molecule has 2 aromatic carbocycles. The Morgan fingerprint density at radius 1 is 1.00 bits per heavy atom. The second kappa shape index (κ2) is 5.65. The van der Waals surface area contributed by atoms with Crippen LogP contribution in [0.2, 0.25) is 0 Å². The molecule has 0 fully saturated rings. The molecule has 0 amide bonds. The van der Waals surface area contributed by atoms with Crippen LogP contribution in [0, 0.1) is 17.5 Å². The lowest BCUT2D eigenvalue weighted by Gasteiger charge is -2.09. The number of methoxy groups -OCH3 is 1. The van der Waals surface area contributed by atoms with Gasteiger partial charge >= 0.3 is 0 Å². The number of rotatable bonds is 4. The number of ether oxygens (including phenoxy) is 1. The first-order chi connectivity index (χ1) is 9.10. The normalized spacial score (nSPS) is 10.3. The first kappa shape index (κ1) is 13.3. The van der Waals surface area contributed by atoms with Crippen molar-refractivity contribution in [1.29, 1.82) is 0 Å². The molecule has 0 heterocycles. The van der Waals surface area contributed by atoms with E-state index in [1.54, 1.807) is 31.4 Å². The number of hydrogen-bond donors (Lipinski definition) is 1. The summed E-state index contributed by atoms with van der Waals surface area (Å²) in [6, 6.07) is 8.30. The molecular formula is C14H12F3NO. The van der Waals surface area contributed by atoms with Crippen LogP contribution in [0.3, 0.4) is 0 Å². The highest BCUT2D eigenvalue weighted by Crippen LogP contribution is 2.21. The van der Waals surface area contributed by atoms with E-state index in [-0.39, 0.29) is 12.2 Å². The summed E-state index contributed by atoms with van der Waals surface area (Å²) in [5, 5.41) is 2.60. The lowest BCUT2D eigenvalue weighted by molar-refractivity contribution is 0.414. The predicted molar refractivity (Wildman–Crippen MR) is 66.6 cm³/mol. The topological polar surface area (TPSA) is 21.3 Å². The molecule has 0 spiro atoms. The Balaban J connectivity index is 2.10. The maximum absolute atomic E-state index is 13.4. The Morgan fingerprint density at radius 2 is 1.58 bits per heavy atom. The van der Waals surface area contributed by atoms with Crippen molar-refractivity contribution in [1.82, 2.24) is 0 Å². The Hall–Kier alpha value is -2.17. The second-order valence-corrected chi connectivity index (χ2v) is 3.95. The van der Waals surface area contributed by atoms with Gasteiger partial charge in [0, 0.05) is 18.7 Å². The number of anilines is 1. The molecule has 0 bridgehead atoms. The molecule has 0 unspecified atom stereocenters. The lowest BCUT2D eigenvalue weighted by atomic mass is 10.2. The van der Waals surface area contributed by atoms with Crippen molar-refractivity contribution in [3.63, 3.8) is 0 Å². The van der Waals surface area contributed by atoms with Crippen LogP contribution in [0.25, 0.3) is 0 Å². The molecule has 0 aliphatic rings. The van der Waals surface area contributed by atoms with Gasteiger partial charge in [0.15, 0.2) is 11.6 Å². The third-order valence-corrected chi connectivity index (χ3v) is 2.64. The van der Waals surface area contributed by atoms with Crippen LogP contribution >= 0.6 is 0 Å². The molecule has 1 N–H and O–H groups in total. The molecule has 0 aliphatic carbocycles. The first-order valence-electron chi connectivity index (χ1n) is 5.61. The number of halogens is 3. The molecule has 0 atom stereocenters. The monoisotopic (exact) mass is 267 g/mol. The van der Waals surface area contributed by atoms with E-state index < -0.39 is 17.5 Å². The summed E-state index contributed by atoms with van der Waals surface area (Å²) < 4.78 is 44.5. The fraction of sp³-hybridized carbons (Fsp3) is 0.143. The van der Waals surface area contributed by atoms with Crippen LogP contribution in [-0.2, 0) is 6.54 Å². The first-order valence-corrected chi connectivity index (χ1v) is 5.61. The maximum Gasteiger partial charge on any atom is 0.152 e. The van der Waals surface area contributed by atoms with Gasteiger partial charge in [-0.15, -0.1) is 0 Å². The van der Waals surface area contributed by atoms with Crippen molar-refractivity contribution >= 4 is 5.69 Å². The largest absolute Gasteiger partial charge is 0.497 e. The van der Waals surface area contributed by atoms with Crippen LogP contribution in [0.5, 0.6) is 5.75 Å². The van der Waals surface area contributed by atoms with E-state index in [1.807, 2.05) is 0 Å². The average molecular weight is 267 g/mol. The molecule has 0 saturated heterocycles. The Labute approximate surface area is 108 Å². The maximum atomic E-state index is 13.4. The number of nitrogens with one attached hydrogen (secondary N) is 1. The fourth-order valence-electron chi connectivity index (χ4n) is 1.64. The highest BCUT2D eigenvalue weighted by atomic mass is 19.1. The van der Waals surface area contributed by atoms with Gasteiger partial charge in [-0.1, -0.05) is 12.1 Å². The van der Waals surface area contributed by atoms with Gasteiger partial charge in [-0.2, -0.15) is 0 Å². The lowest BCUT2D eigenvalue weighted by Crippen LogP contribution is -2.04. The van der Waals surface area contributed by atoms with Gasteiger partial charge in [-0.3, -0.25) is 0 Å². The quantitative estimate of drug-likeness (QED) is 0.911. The van der Waals surface area contributed by atoms with Gasteiger partial charge in [0.2, 0.25) is 0 Å². The zero-order valence-corrected chi connectivity index (χ0v) is 10.2. The van der Waals surface area contributed by atoms with Gasteiger partial charge in [-0.25, -0.2) is 13.2 Å². The van der Waals surface area contributed by atoms with Crippen LogP contribution in [-0.4, -0.2) is 7.11 Å². The van der Waals surface area contributed by atoms with E-state index in [0.29, 0.717) is 17.9 Å². The highest BCUT2D eigenvalue weighted by Gasteiger charge is 2.10. The Kier molecular flexibility index (Phi) is 3.94. The van der Waals surface area contributed by atoms with Crippen LogP contribution in [0.1, 0.15) is 5.56 Å². The van der Waals surface area contributed by atoms with Gasteiger partial charge in [-0.05, 0) is 17.7 Å². The molecule has 5 heteroatoms. The Bertz CT molecular complexity index is 546. The Morgan fingerprint density at radius 3 is 2.11 bits per heavy atom. The van der Waals surface area contributed by atoms with E-state index in [2.05, 4.69) is 5.32 Å². The van der Waals surface area contributed by atoms with E-state index >= 15 is 0 Å². The van der Waals surface area contributed by atoms with Crippen molar-refractivity contribution < 1.29 is 17.9 Å². The summed E-state index contributed by atoms with van der Waals surface area (Å²) in [6.07, 6.45) is 0. The highest BCUT2D eigenvalue weighted by molar-refractivity contribution is 5.47. The minimum Gasteiger partial charge on any atom is -0.497 e. The molecule has 100 valence electrons. The molecule has 2 aromatic rings. The SMILES string of the molecule is COc1ccc(CNc2c(F)cc(F)cc2F)cc1. The molecule has 19 heavy (non-hydrogen) atoms. The van der Waals surface area contributed by atoms with E-state index in [9.17, 15) is 13.2 Å². The second-order valence-electron chi connectivity index (χ2n) is 3.95. The zero-order chi connectivity index (χ0) is 13.8. The fourth-order valence-corrected chi connectivity index (χ4v) is 1.64. The van der Waals surface area contributed by atoms with Crippen molar-refractivity contribution in [2.45, 2.75) is 6.54 Å². The summed E-state index contributed by atoms with van der Waals surface area (Å²) in [5.74, 6) is -2.15. The smallest absolute Gasteiger partial charge is 0.152 e. The minimum atomic E-state index is -0.953. The summed E-state index contributed by atoms with van der Waals surface area (Å²) >= 11 is 0. The molecular weight excluding hydrogens is 255 g/mol. The molecule has 2 rings (SSSR count). The van der Waals surface area contributed by atoms with Crippen molar-refractivity contribution in [2.75, 3.05) is 12.4 Å². The van der Waals surface area contributed by atoms with Crippen molar-refractivity contribution in [3.05, 3.63) is 59.4 Å². The zero-order valence-electron chi connectivity index (χ0n) is 10.2. The van der Waals surface area contributed by atoms with Crippen LogP contribution in [0.15, 0.2) is 36.4 Å². The molecule has 0 aromatic heterocycles. The third-order valence-electron chi connectivity index (χ3n) is 2.64. The molecule has 0 aliphatic heterocycles. The molecule has 0 saturated carbocycles. The van der Waals surface area contributed by atoms with Gasteiger partial charge in [0.25, 0.3) is 0 Å². The summed E-state index contributed by atoms with van der Waals surface area (Å²) in [4.78, 5) is 0. The van der Waals surface area contributed by atoms with Crippen LogP contribution in [0.4, 0.5) is 18.9 Å². The number of hydrogen-bond acceptors (Lipinski definition) is 2. The van der Waals surface area contributed by atoms with Crippen molar-refractivity contribution in [2.24, 2.45) is 0 Å². The predicted octanol–water partition coefficient (Wildman–Crippen LogP) is 3.72. The van der Waals surface area contributed by atoms with Gasteiger partial charge in [0.1, 0.15) is 17.3 Å². The van der Waals surface area contributed by atoms with Crippen molar-refractivity contribution in [3.8, 4) is 5.75 Å². The average Bonchev–Trinajstić information content (AvgIpc) is 2.38. The van der Waals surface area contributed by atoms with E-state index in [1.165, 1.54) is 0 Å². The van der Waals surface area contributed by atoms with E-state index in [0.717, 1.165) is 5.56 Å². The molecule has 0 radical (unpaired) electrons. The number of benzene rings is 2. The molecule has 2 nitrogen and oxygen atoms in total. The van der Waals surface area contributed by atoms with Crippen LogP contribution < -0.4 is 10.1 Å².